The van der Waals surface area contributed by atoms with Gasteiger partial charge in [-0.15, -0.1) is 0 Å². The summed E-state index contributed by atoms with van der Waals surface area (Å²) in [7, 11) is 0. The summed E-state index contributed by atoms with van der Waals surface area (Å²) in [6.45, 7) is 8.38. The van der Waals surface area contributed by atoms with Crippen LogP contribution in [-0.2, 0) is 4.74 Å². The van der Waals surface area contributed by atoms with Gasteiger partial charge in [0.15, 0.2) is 0 Å². The lowest BCUT2D eigenvalue weighted by Crippen LogP contribution is -2.46. The number of fused-ring (bicyclic) bond motifs is 1. The van der Waals surface area contributed by atoms with Gasteiger partial charge in [-0.05, 0) is 31.9 Å². The van der Waals surface area contributed by atoms with E-state index < -0.39 is 0 Å². The molecule has 1 saturated heterocycles. The Labute approximate surface area is 120 Å². The van der Waals surface area contributed by atoms with Gasteiger partial charge in [-0.25, -0.2) is 0 Å². The van der Waals surface area contributed by atoms with Gasteiger partial charge in [0.1, 0.15) is 0 Å². The lowest BCUT2D eigenvalue weighted by molar-refractivity contribution is -0.0171. The molecular formula is C17H22N2O. The number of para-hydroxylation sites is 1. The molecule has 1 fully saturated rings. The highest BCUT2D eigenvalue weighted by Crippen LogP contribution is 2.29. The average Bonchev–Trinajstić information content (AvgIpc) is 2.46. The third kappa shape index (κ3) is 2.38. The number of pyridine rings is 1. The van der Waals surface area contributed by atoms with Crippen molar-refractivity contribution in [1.82, 2.24) is 4.98 Å². The van der Waals surface area contributed by atoms with Crippen LogP contribution in [0.2, 0.25) is 0 Å². The zero-order valence-electron chi connectivity index (χ0n) is 12.5. The minimum atomic E-state index is 0.279. The van der Waals surface area contributed by atoms with E-state index in [1.54, 1.807) is 0 Å². The summed E-state index contributed by atoms with van der Waals surface area (Å²) in [5.74, 6) is 0. The Morgan fingerprint density at radius 3 is 2.95 bits per heavy atom. The van der Waals surface area contributed by atoms with Crippen LogP contribution in [0.25, 0.3) is 10.9 Å². The first kappa shape index (κ1) is 13.4. The Morgan fingerprint density at radius 1 is 1.30 bits per heavy atom. The standard InChI is InChI=1S/C17H22N2O/c1-4-14-11-19(10-13(3)20-14)16-8-9-18-17-12(2)6-5-7-15(16)17/h5-9,13-14H,4,10-11H2,1-3H3. The molecule has 0 saturated carbocycles. The van der Waals surface area contributed by atoms with Crippen LogP contribution >= 0.6 is 0 Å². The number of rotatable bonds is 2. The van der Waals surface area contributed by atoms with Gasteiger partial charge in [-0.3, -0.25) is 4.98 Å². The molecular weight excluding hydrogens is 248 g/mol. The van der Waals surface area contributed by atoms with Crippen molar-refractivity contribution < 1.29 is 4.74 Å². The maximum Gasteiger partial charge on any atom is 0.0751 e. The van der Waals surface area contributed by atoms with E-state index in [-0.39, 0.29) is 6.10 Å². The third-order valence-corrected chi connectivity index (χ3v) is 4.07. The van der Waals surface area contributed by atoms with E-state index in [4.69, 9.17) is 4.74 Å². The van der Waals surface area contributed by atoms with Crippen molar-refractivity contribution in [2.45, 2.75) is 39.4 Å². The second kappa shape index (κ2) is 5.41. The first-order valence-electron chi connectivity index (χ1n) is 7.43. The number of aryl methyl sites for hydroxylation is 1. The van der Waals surface area contributed by atoms with E-state index in [0.717, 1.165) is 25.0 Å². The van der Waals surface area contributed by atoms with Crippen LogP contribution in [-0.4, -0.2) is 30.3 Å². The molecule has 1 aromatic heterocycles. The molecule has 0 aliphatic carbocycles. The number of nitrogens with zero attached hydrogens (tertiary/aromatic N) is 2. The van der Waals surface area contributed by atoms with Crippen molar-refractivity contribution >= 4 is 16.6 Å². The van der Waals surface area contributed by atoms with E-state index in [1.807, 2.05) is 6.20 Å². The Kier molecular flexibility index (Phi) is 3.62. The largest absolute Gasteiger partial charge is 0.372 e. The molecule has 3 nitrogen and oxygen atoms in total. The molecule has 1 aliphatic rings. The summed E-state index contributed by atoms with van der Waals surface area (Å²) in [5, 5.41) is 1.25. The van der Waals surface area contributed by atoms with Crippen LogP contribution in [0.1, 0.15) is 25.8 Å². The predicted octanol–water partition coefficient (Wildman–Crippen LogP) is 3.55. The monoisotopic (exact) mass is 270 g/mol. The molecule has 106 valence electrons. The molecule has 2 heterocycles. The lowest BCUT2D eigenvalue weighted by Gasteiger charge is -2.38. The van der Waals surface area contributed by atoms with Crippen molar-refractivity contribution in [2.75, 3.05) is 18.0 Å². The van der Waals surface area contributed by atoms with E-state index >= 15 is 0 Å². The molecule has 1 aliphatic heterocycles. The Morgan fingerprint density at radius 2 is 2.15 bits per heavy atom. The number of anilines is 1. The maximum atomic E-state index is 5.97. The van der Waals surface area contributed by atoms with Gasteiger partial charge in [-0.1, -0.05) is 25.1 Å². The summed E-state index contributed by atoms with van der Waals surface area (Å²) in [5.41, 5.74) is 3.63. The molecule has 2 unspecified atom stereocenters. The molecule has 0 amide bonds. The van der Waals surface area contributed by atoms with Gasteiger partial charge in [0.05, 0.1) is 17.7 Å². The highest BCUT2D eigenvalue weighted by Gasteiger charge is 2.25. The molecule has 0 bridgehead atoms. The van der Waals surface area contributed by atoms with Crippen molar-refractivity contribution in [3.8, 4) is 0 Å². The van der Waals surface area contributed by atoms with Crippen LogP contribution in [0, 0.1) is 6.92 Å². The summed E-state index contributed by atoms with van der Waals surface area (Å²) >= 11 is 0. The molecule has 0 radical (unpaired) electrons. The first-order chi connectivity index (χ1) is 9.69. The summed E-state index contributed by atoms with van der Waals surface area (Å²) < 4.78 is 5.97. The van der Waals surface area contributed by atoms with Gasteiger partial charge in [-0.2, -0.15) is 0 Å². The lowest BCUT2D eigenvalue weighted by atomic mass is 10.1. The number of hydrogen-bond acceptors (Lipinski definition) is 3. The number of morpholine rings is 1. The van der Waals surface area contributed by atoms with Crippen LogP contribution in [0.5, 0.6) is 0 Å². The summed E-state index contributed by atoms with van der Waals surface area (Å²) in [4.78, 5) is 6.99. The van der Waals surface area contributed by atoms with Gasteiger partial charge < -0.3 is 9.64 Å². The van der Waals surface area contributed by atoms with Gasteiger partial charge in [0.2, 0.25) is 0 Å². The Hall–Kier alpha value is -1.61. The molecule has 3 heteroatoms. The molecule has 1 aromatic carbocycles. The number of aromatic nitrogens is 1. The zero-order valence-corrected chi connectivity index (χ0v) is 12.5. The van der Waals surface area contributed by atoms with Gasteiger partial charge in [0.25, 0.3) is 0 Å². The summed E-state index contributed by atoms with van der Waals surface area (Å²) in [6, 6.07) is 8.54. The quantitative estimate of drug-likeness (QED) is 0.834. The number of benzene rings is 1. The summed E-state index contributed by atoms with van der Waals surface area (Å²) in [6.07, 6.45) is 3.59. The normalized spacial score (nSPS) is 23.2. The molecule has 2 atom stereocenters. The topological polar surface area (TPSA) is 25.4 Å². The van der Waals surface area contributed by atoms with E-state index in [1.165, 1.54) is 16.6 Å². The van der Waals surface area contributed by atoms with Crippen molar-refractivity contribution in [2.24, 2.45) is 0 Å². The van der Waals surface area contributed by atoms with Crippen LogP contribution in [0.3, 0.4) is 0 Å². The highest BCUT2D eigenvalue weighted by molar-refractivity contribution is 5.93. The molecule has 0 spiro atoms. The van der Waals surface area contributed by atoms with E-state index in [9.17, 15) is 0 Å². The Balaban J connectivity index is 2.03. The van der Waals surface area contributed by atoms with E-state index in [0.29, 0.717) is 6.10 Å². The minimum Gasteiger partial charge on any atom is -0.372 e. The molecule has 20 heavy (non-hydrogen) atoms. The minimum absolute atomic E-state index is 0.279. The highest BCUT2D eigenvalue weighted by atomic mass is 16.5. The molecule has 3 rings (SSSR count). The number of hydrogen-bond donors (Lipinski definition) is 0. The SMILES string of the molecule is CCC1CN(c2ccnc3c(C)cccc23)CC(C)O1. The number of ether oxygens (including phenoxy) is 1. The average molecular weight is 270 g/mol. The van der Waals surface area contributed by atoms with E-state index in [2.05, 4.69) is 54.9 Å². The zero-order chi connectivity index (χ0) is 14.1. The molecule has 0 N–H and O–H groups in total. The fraction of sp³-hybridized carbons (Fsp3) is 0.471. The van der Waals surface area contributed by atoms with Crippen LogP contribution in [0.4, 0.5) is 5.69 Å². The van der Waals surface area contributed by atoms with Gasteiger partial charge >= 0.3 is 0 Å². The fourth-order valence-corrected chi connectivity index (χ4v) is 3.05. The smallest absolute Gasteiger partial charge is 0.0751 e. The molecule has 2 aromatic rings. The predicted molar refractivity (Wildman–Crippen MR) is 83.3 cm³/mol. The van der Waals surface area contributed by atoms with Crippen LogP contribution in [0.15, 0.2) is 30.5 Å². The third-order valence-electron chi connectivity index (χ3n) is 4.07. The second-order valence-corrected chi connectivity index (χ2v) is 5.68. The Bertz CT molecular complexity index is 611. The maximum absolute atomic E-state index is 5.97. The van der Waals surface area contributed by atoms with Crippen molar-refractivity contribution in [3.05, 3.63) is 36.0 Å². The fourth-order valence-electron chi connectivity index (χ4n) is 3.05. The van der Waals surface area contributed by atoms with Crippen molar-refractivity contribution in [3.63, 3.8) is 0 Å². The van der Waals surface area contributed by atoms with Gasteiger partial charge in [0, 0.05) is 30.4 Å². The van der Waals surface area contributed by atoms with Crippen LogP contribution < -0.4 is 4.90 Å². The second-order valence-electron chi connectivity index (χ2n) is 5.68. The van der Waals surface area contributed by atoms with Crippen molar-refractivity contribution in [1.29, 1.82) is 0 Å². The first-order valence-corrected chi connectivity index (χ1v) is 7.43.